The first-order valence-corrected chi connectivity index (χ1v) is 6.64. The van der Waals surface area contributed by atoms with Crippen molar-refractivity contribution in [3.8, 4) is 0 Å². The van der Waals surface area contributed by atoms with Crippen LogP contribution in [-0.4, -0.2) is 17.6 Å². The maximum Gasteiger partial charge on any atom is 0.307 e. The maximum absolute atomic E-state index is 13.1. The van der Waals surface area contributed by atoms with E-state index in [0.717, 1.165) is 0 Å². The highest BCUT2D eigenvalue weighted by atomic mass is 35.5. The molecule has 0 fully saturated rings. The summed E-state index contributed by atoms with van der Waals surface area (Å²) in [5, 5.41) is 12.5. The molecule has 0 bridgehead atoms. The van der Waals surface area contributed by atoms with Crippen LogP contribution >= 0.6 is 11.6 Å². The summed E-state index contributed by atoms with van der Waals surface area (Å²) in [5.41, 5.74) is 0.707. The topological polar surface area (TPSA) is 49.3 Å². The molecule has 0 aromatic heterocycles. The van der Waals surface area contributed by atoms with Crippen molar-refractivity contribution in [3.05, 3.63) is 34.6 Å². The lowest BCUT2D eigenvalue weighted by Gasteiger charge is -2.15. The minimum absolute atomic E-state index is 0.325. The maximum atomic E-state index is 13.1. The number of carboxylic acid groups (broad SMARTS) is 1. The third-order valence-electron chi connectivity index (χ3n) is 2.75. The minimum atomic E-state index is -0.807. The van der Waals surface area contributed by atoms with Crippen LogP contribution in [0.3, 0.4) is 0 Å². The summed E-state index contributed by atoms with van der Waals surface area (Å²) in [6.45, 7) is 4.74. The van der Waals surface area contributed by atoms with Gasteiger partial charge in [0.15, 0.2) is 0 Å². The molecule has 0 aliphatic carbocycles. The molecule has 2 N–H and O–H groups in total. The van der Waals surface area contributed by atoms with Crippen molar-refractivity contribution in [2.24, 2.45) is 11.8 Å². The summed E-state index contributed by atoms with van der Waals surface area (Å²) in [7, 11) is 0. The molecule has 5 heteroatoms. The van der Waals surface area contributed by atoms with Gasteiger partial charge in [-0.15, -0.1) is 0 Å². The number of carboxylic acids is 1. The Bertz CT molecular complexity index is 417. The van der Waals surface area contributed by atoms with Gasteiger partial charge in [-0.25, -0.2) is 4.39 Å². The van der Waals surface area contributed by atoms with E-state index in [4.69, 9.17) is 16.7 Å². The second-order valence-corrected chi connectivity index (χ2v) is 5.51. The highest BCUT2D eigenvalue weighted by molar-refractivity contribution is 6.30. The second-order valence-electron chi connectivity index (χ2n) is 5.07. The normalized spacial score (nSPS) is 12.7. The number of hydrogen-bond acceptors (Lipinski definition) is 2. The number of nitrogens with one attached hydrogen (secondary N) is 1. The standard InChI is InChI=1S/C14H19ClFNO2/c1-9(2)3-11(14(18)19)8-17-7-10-4-12(15)6-13(16)5-10/h4-6,9,11,17H,3,7-8H2,1-2H3,(H,18,19). The van der Waals surface area contributed by atoms with Crippen LogP contribution in [0.1, 0.15) is 25.8 Å². The number of halogens is 2. The van der Waals surface area contributed by atoms with Gasteiger partial charge in [0.05, 0.1) is 5.92 Å². The monoisotopic (exact) mass is 287 g/mol. The zero-order chi connectivity index (χ0) is 14.4. The third kappa shape index (κ3) is 6.03. The van der Waals surface area contributed by atoms with Gasteiger partial charge in [0.25, 0.3) is 0 Å². The van der Waals surface area contributed by atoms with Crippen LogP contribution in [0.15, 0.2) is 18.2 Å². The van der Waals surface area contributed by atoms with E-state index >= 15 is 0 Å². The highest BCUT2D eigenvalue weighted by Gasteiger charge is 2.18. The number of hydrogen-bond donors (Lipinski definition) is 2. The first-order chi connectivity index (χ1) is 8.88. The van der Waals surface area contributed by atoms with Gasteiger partial charge < -0.3 is 10.4 Å². The van der Waals surface area contributed by atoms with Crippen molar-refractivity contribution in [1.82, 2.24) is 5.32 Å². The van der Waals surface area contributed by atoms with Crippen LogP contribution < -0.4 is 5.32 Å². The van der Waals surface area contributed by atoms with Crippen LogP contribution in [0.2, 0.25) is 5.02 Å². The van der Waals surface area contributed by atoms with Crippen molar-refractivity contribution < 1.29 is 14.3 Å². The number of aliphatic carboxylic acids is 1. The van der Waals surface area contributed by atoms with E-state index in [0.29, 0.717) is 36.0 Å². The molecule has 0 aliphatic heterocycles. The zero-order valence-electron chi connectivity index (χ0n) is 11.1. The summed E-state index contributed by atoms with van der Waals surface area (Å²) in [6.07, 6.45) is 0.617. The average molecular weight is 288 g/mol. The minimum Gasteiger partial charge on any atom is -0.481 e. The van der Waals surface area contributed by atoms with E-state index in [1.54, 1.807) is 6.07 Å². The Morgan fingerprint density at radius 1 is 1.42 bits per heavy atom. The molecule has 0 heterocycles. The fourth-order valence-electron chi connectivity index (χ4n) is 1.94. The third-order valence-corrected chi connectivity index (χ3v) is 2.97. The average Bonchev–Trinajstić information content (AvgIpc) is 2.25. The van der Waals surface area contributed by atoms with Crippen molar-refractivity contribution in [2.75, 3.05) is 6.54 Å². The summed E-state index contributed by atoms with van der Waals surface area (Å²) >= 11 is 5.75. The molecule has 0 spiro atoms. The van der Waals surface area contributed by atoms with Crippen LogP contribution in [-0.2, 0) is 11.3 Å². The van der Waals surface area contributed by atoms with E-state index in [2.05, 4.69) is 5.32 Å². The molecule has 0 saturated heterocycles. The van der Waals surface area contributed by atoms with Gasteiger partial charge in [-0.3, -0.25) is 4.79 Å². The van der Waals surface area contributed by atoms with Gasteiger partial charge >= 0.3 is 5.97 Å². The molecular weight excluding hydrogens is 269 g/mol. The molecule has 1 atom stereocenters. The Morgan fingerprint density at radius 3 is 2.63 bits per heavy atom. The Labute approximate surface area is 117 Å². The van der Waals surface area contributed by atoms with Crippen molar-refractivity contribution in [3.63, 3.8) is 0 Å². The smallest absolute Gasteiger partial charge is 0.307 e. The molecular formula is C14H19ClFNO2. The summed E-state index contributed by atoms with van der Waals surface area (Å²) < 4.78 is 13.1. The van der Waals surface area contributed by atoms with Gasteiger partial charge in [0, 0.05) is 18.1 Å². The number of rotatable bonds is 7. The molecule has 0 saturated carbocycles. The molecule has 0 radical (unpaired) electrons. The van der Waals surface area contributed by atoms with Crippen LogP contribution in [0.5, 0.6) is 0 Å². The Balaban J connectivity index is 2.49. The van der Waals surface area contributed by atoms with E-state index < -0.39 is 11.9 Å². The highest BCUT2D eigenvalue weighted by Crippen LogP contribution is 2.15. The number of benzene rings is 1. The van der Waals surface area contributed by atoms with Gasteiger partial charge in [0.2, 0.25) is 0 Å². The van der Waals surface area contributed by atoms with Gasteiger partial charge in [-0.2, -0.15) is 0 Å². The summed E-state index contributed by atoms with van der Waals surface area (Å²) in [4.78, 5) is 11.1. The molecule has 1 aromatic carbocycles. The van der Waals surface area contributed by atoms with E-state index in [1.807, 2.05) is 13.8 Å². The predicted octanol–water partition coefficient (Wildman–Crippen LogP) is 3.32. The van der Waals surface area contributed by atoms with E-state index in [-0.39, 0.29) is 5.82 Å². The Kier molecular flexibility index (Phi) is 6.25. The lowest BCUT2D eigenvalue weighted by atomic mass is 9.97. The van der Waals surface area contributed by atoms with Crippen molar-refractivity contribution in [2.45, 2.75) is 26.8 Å². The Hall–Kier alpha value is -1.13. The molecule has 3 nitrogen and oxygen atoms in total. The SMILES string of the molecule is CC(C)CC(CNCc1cc(F)cc(Cl)c1)C(=O)O. The molecule has 1 unspecified atom stereocenters. The van der Waals surface area contributed by atoms with E-state index in [9.17, 15) is 9.18 Å². The predicted molar refractivity (Wildman–Crippen MR) is 73.7 cm³/mol. The van der Waals surface area contributed by atoms with Crippen molar-refractivity contribution in [1.29, 1.82) is 0 Å². The largest absolute Gasteiger partial charge is 0.481 e. The number of carbonyl (C=O) groups is 1. The van der Waals surface area contributed by atoms with Crippen molar-refractivity contribution >= 4 is 17.6 Å². The molecule has 1 aromatic rings. The first kappa shape index (κ1) is 15.9. The fourth-order valence-corrected chi connectivity index (χ4v) is 2.19. The lowest BCUT2D eigenvalue weighted by molar-refractivity contribution is -0.142. The summed E-state index contributed by atoms with van der Waals surface area (Å²) in [5.74, 6) is -1.30. The molecule has 106 valence electrons. The molecule has 19 heavy (non-hydrogen) atoms. The molecule has 1 rings (SSSR count). The second kappa shape index (κ2) is 7.46. The van der Waals surface area contributed by atoms with Gasteiger partial charge in [-0.05, 0) is 36.1 Å². The molecule has 0 amide bonds. The zero-order valence-corrected chi connectivity index (χ0v) is 11.9. The quantitative estimate of drug-likeness (QED) is 0.809. The van der Waals surface area contributed by atoms with Gasteiger partial charge in [-0.1, -0.05) is 25.4 Å². The van der Waals surface area contributed by atoms with Crippen LogP contribution in [0.25, 0.3) is 0 Å². The van der Waals surface area contributed by atoms with Crippen LogP contribution in [0, 0.1) is 17.7 Å². The van der Waals surface area contributed by atoms with Crippen LogP contribution in [0.4, 0.5) is 4.39 Å². The van der Waals surface area contributed by atoms with E-state index in [1.165, 1.54) is 12.1 Å². The molecule has 0 aliphatic rings. The Morgan fingerprint density at radius 2 is 2.11 bits per heavy atom. The van der Waals surface area contributed by atoms with Gasteiger partial charge in [0.1, 0.15) is 5.82 Å². The lowest BCUT2D eigenvalue weighted by Crippen LogP contribution is -2.29. The first-order valence-electron chi connectivity index (χ1n) is 6.27. The summed E-state index contributed by atoms with van der Waals surface area (Å²) in [6, 6.07) is 4.29. The fraction of sp³-hybridized carbons (Fsp3) is 0.500.